The highest BCUT2D eigenvalue weighted by molar-refractivity contribution is 5.30. The highest BCUT2D eigenvalue weighted by Gasteiger charge is 2.15. The van der Waals surface area contributed by atoms with E-state index in [0.717, 1.165) is 12.0 Å². The molecule has 100 valence electrons. The fourth-order valence-electron chi connectivity index (χ4n) is 2.38. The topological polar surface area (TPSA) is 12.0 Å². The van der Waals surface area contributed by atoms with E-state index in [1.807, 2.05) is 25.2 Å². The smallest absolute Gasteiger partial charge is 0.130 e. The summed E-state index contributed by atoms with van der Waals surface area (Å²) in [6.45, 7) is 3.88. The summed E-state index contributed by atoms with van der Waals surface area (Å²) < 4.78 is 14.2. The van der Waals surface area contributed by atoms with E-state index in [0.29, 0.717) is 5.56 Å². The third-order valence-corrected chi connectivity index (χ3v) is 3.47. The van der Waals surface area contributed by atoms with Crippen molar-refractivity contribution in [3.8, 4) is 0 Å². The largest absolute Gasteiger partial charge is 0.313 e. The molecule has 0 heterocycles. The van der Waals surface area contributed by atoms with Crippen LogP contribution in [0.1, 0.15) is 28.3 Å². The first-order chi connectivity index (χ1) is 9.11. The molecule has 0 spiro atoms. The molecule has 2 heteroatoms. The zero-order chi connectivity index (χ0) is 13.8. The minimum Gasteiger partial charge on any atom is -0.313 e. The van der Waals surface area contributed by atoms with Crippen LogP contribution in [0.25, 0.3) is 0 Å². The number of benzene rings is 2. The minimum absolute atomic E-state index is 0.00157. The van der Waals surface area contributed by atoms with Crippen molar-refractivity contribution < 1.29 is 4.39 Å². The maximum Gasteiger partial charge on any atom is 0.130 e. The molecule has 0 aliphatic rings. The molecule has 0 amide bonds. The first-order valence-corrected chi connectivity index (χ1v) is 6.59. The van der Waals surface area contributed by atoms with Crippen LogP contribution in [0.5, 0.6) is 0 Å². The summed E-state index contributed by atoms with van der Waals surface area (Å²) in [6, 6.07) is 13.9. The number of rotatable bonds is 4. The Morgan fingerprint density at radius 2 is 1.84 bits per heavy atom. The van der Waals surface area contributed by atoms with Crippen LogP contribution in [0.2, 0.25) is 0 Å². The van der Waals surface area contributed by atoms with Crippen molar-refractivity contribution in [2.75, 3.05) is 7.05 Å². The van der Waals surface area contributed by atoms with Crippen molar-refractivity contribution in [2.24, 2.45) is 0 Å². The third-order valence-electron chi connectivity index (χ3n) is 3.47. The first-order valence-electron chi connectivity index (χ1n) is 6.59. The first kappa shape index (κ1) is 13.8. The lowest BCUT2D eigenvalue weighted by atomic mass is 9.96. The van der Waals surface area contributed by atoms with E-state index in [9.17, 15) is 4.39 Å². The molecule has 0 aliphatic carbocycles. The Morgan fingerprint density at radius 3 is 2.53 bits per heavy atom. The molecular weight excluding hydrogens is 237 g/mol. The van der Waals surface area contributed by atoms with E-state index >= 15 is 0 Å². The average Bonchev–Trinajstić information content (AvgIpc) is 2.40. The molecule has 0 fully saturated rings. The van der Waals surface area contributed by atoms with Gasteiger partial charge < -0.3 is 5.32 Å². The van der Waals surface area contributed by atoms with Crippen LogP contribution in [0.4, 0.5) is 4.39 Å². The van der Waals surface area contributed by atoms with E-state index in [1.54, 1.807) is 13.0 Å². The van der Waals surface area contributed by atoms with Crippen molar-refractivity contribution in [1.82, 2.24) is 5.32 Å². The second-order valence-electron chi connectivity index (χ2n) is 5.01. The SMILES string of the molecule is CNC(Cc1cccc(C)c1)c1cccc(C)c1F. The molecule has 0 radical (unpaired) electrons. The van der Waals surface area contributed by atoms with E-state index < -0.39 is 0 Å². The van der Waals surface area contributed by atoms with Crippen molar-refractivity contribution in [3.05, 3.63) is 70.5 Å². The molecule has 1 atom stereocenters. The van der Waals surface area contributed by atoms with Crippen molar-refractivity contribution in [3.63, 3.8) is 0 Å². The van der Waals surface area contributed by atoms with Gasteiger partial charge in [-0.3, -0.25) is 0 Å². The average molecular weight is 257 g/mol. The normalized spacial score (nSPS) is 12.4. The second-order valence-corrected chi connectivity index (χ2v) is 5.01. The lowest BCUT2D eigenvalue weighted by molar-refractivity contribution is 0.529. The Hall–Kier alpha value is -1.67. The summed E-state index contributed by atoms with van der Waals surface area (Å²) >= 11 is 0. The van der Waals surface area contributed by atoms with Crippen molar-refractivity contribution in [2.45, 2.75) is 26.3 Å². The van der Waals surface area contributed by atoms with Gasteiger partial charge in [0.25, 0.3) is 0 Å². The zero-order valence-corrected chi connectivity index (χ0v) is 11.7. The monoisotopic (exact) mass is 257 g/mol. The maximum atomic E-state index is 14.2. The number of nitrogens with one attached hydrogen (secondary N) is 1. The molecule has 2 rings (SSSR count). The van der Waals surface area contributed by atoms with Crippen LogP contribution in [-0.4, -0.2) is 7.05 Å². The quantitative estimate of drug-likeness (QED) is 0.874. The standard InChI is InChI=1S/C17H20FN/c1-12-6-4-8-14(10-12)11-16(19-3)15-9-5-7-13(2)17(15)18/h4-10,16,19H,11H2,1-3H3. The molecule has 1 nitrogen and oxygen atoms in total. The number of hydrogen-bond acceptors (Lipinski definition) is 1. The molecule has 2 aromatic carbocycles. The number of aryl methyl sites for hydroxylation is 2. The van der Waals surface area contributed by atoms with Crippen LogP contribution in [0.15, 0.2) is 42.5 Å². The molecule has 1 unspecified atom stereocenters. The van der Waals surface area contributed by atoms with Gasteiger partial charge in [-0.25, -0.2) is 4.39 Å². The highest BCUT2D eigenvalue weighted by atomic mass is 19.1. The lowest BCUT2D eigenvalue weighted by Gasteiger charge is -2.18. The Morgan fingerprint density at radius 1 is 1.11 bits per heavy atom. The predicted octanol–water partition coefficient (Wildman–Crippen LogP) is 3.95. The number of likely N-dealkylation sites (N-methyl/N-ethyl adjacent to an activating group) is 1. The maximum absolute atomic E-state index is 14.2. The van der Waals surface area contributed by atoms with Gasteiger partial charge in [0, 0.05) is 11.6 Å². The molecule has 1 N–H and O–H groups in total. The molecule has 0 aromatic heterocycles. The summed E-state index contributed by atoms with van der Waals surface area (Å²) in [5.74, 6) is -0.102. The Balaban J connectivity index is 2.28. The van der Waals surface area contributed by atoms with Crippen molar-refractivity contribution in [1.29, 1.82) is 0 Å². The molecule has 19 heavy (non-hydrogen) atoms. The van der Waals surface area contributed by atoms with E-state index in [1.165, 1.54) is 11.1 Å². The van der Waals surface area contributed by atoms with Crippen LogP contribution in [-0.2, 0) is 6.42 Å². The van der Waals surface area contributed by atoms with Gasteiger partial charge in [0.15, 0.2) is 0 Å². The summed E-state index contributed by atoms with van der Waals surface area (Å²) in [6.07, 6.45) is 0.790. The van der Waals surface area contributed by atoms with E-state index in [2.05, 4.69) is 30.4 Å². The zero-order valence-electron chi connectivity index (χ0n) is 11.7. The molecule has 0 aliphatic heterocycles. The van der Waals surface area contributed by atoms with Crippen LogP contribution in [0.3, 0.4) is 0 Å². The van der Waals surface area contributed by atoms with Gasteiger partial charge in [-0.1, -0.05) is 48.0 Å². The molecule has 0 saturated heterocycles. The van der Waals surface area contributed by atoms with Crippen LogP contribution in [0, 0.1) is 19.7 Å². The molecule has 0 saturated carbocycles. The van der Waals surface area contributed by atoms with Gasteiger partial charge in [0.05, 0.1) is 0 Å². The summed E-state index contributed by atoms with van der Waals surface area (Å²) in [7, 11) is 1.88. The van der Waals surface area contributed by atoms with Gasteiger partial charge in [-0.2, -0.15) is 0 Å². The van der Waals surface area contributed by atoms with Gasteiger partial charge in [0.2, 0.25) is 0 Å². The third kappa shape index (κ3) is 3.21. The van der Waals surface area contributed by atoms with Crippen molar-refractivity contribution >= 4 is 0 Å². The minimum atomic E-state index is -0.102. The molecule has 0 bridgehead atoms. The highest BCUT2D eigenvalue weighted by Crippen LogP contribution is 2.23. The van der Waals surface area contributed by atoms with E-state index in [4.69, 9.17) is 0 Å². The summed E-state index contributed by atoms with van der Waals surface area (Å²) in [5.41, 5.74) is 3.89. The molecule has 2 aromatic rings. The summed E-state index contributed by atoms with van der Waals surface area (Å²) in [4.78, 5) is 0. The Labute approximate surface area is 114 Å². The second kappa shape index (κ2) is 5.98. The van der Waals surface area contributed by atoms with E-state index in [-0.39, 0.29) is 11.9 Å². The summed E-state index contributed by atoms with van der Waals surface area (Å²) in [5, 5.41) is 3.21. The Bertz CT molecular complexity index is 563. The van der Waals surface area contributed by atoms with Crippen LogP contribution < -0.4 is 5.32 Å². The fourth-order valence-corrected chi connectivity index (χ4v) is 2.38. The Kier molecular flexibility index (Phi) is 4.33. The fraction of sp³-hybridized carbons (Fsp3) is 0.294. The predicted molar refractivity (Wildman–Crippen MR) is 77.8 cm³/mol. The van der Waals surface area contributed by atoms with Gasteiger partial charge in [0.1, 0.15) is 5.82 Å². The molecular formula is C17H20FN. The van der Waals surface area contributed by atoms with Gasteiger partial charge >= 0.3 is 0 Å². The van der Waals surface area contributed by atoms with Gasteiger partial charge in [-0.05, 0) is 38.4 Å². The van der Waals surface area contributed by atoms with Gasteiger partial charge in [-0.15, -0.1) is 0 Å². The lowest BCUT2D eigenvalue weighted by Crippen LogP contribution is -2.20. The van der Waals surface area contributed by atoms with Crippen LogP contribution >= 0.6 is 0 Å². The number of halogens is 1. The number of hydrogen-bond donors (Lipinski definition) is 1.